The van der Waals surface area contributed by atoms with Gasteiger partial charge < -0.3 is 14.8 Å². The first-order valence-corrected chi connectivity index (χ1v) is 6.00. The van der Waals surface area contributed by atoms with Crippen molar-refractivity contribution in [2.24, 2.45) is 5.92 Å². The van der Waals surface area contributed by atoms with E-state index in [9.17, 15) is 9.59 Å². The lowest BCUT2D eigenvalue weighted by molar-refractivity contribution is -0.128. The summed E-state index contributed by atoms with van der Waals surface area (Å²) in [5.41, 5.74) is 0. The first kappa shape index (κ1) is 12.5. The van der Waals surface area contributed by atoms with Crippen LogP contribution in [-0.2, 0) is 22.7 Å². The highest BCUT2D eigenvalue weighted by atomic mass is 16.2. The van der Waals surface area contributed by atoms with E-state index in [1.807, 2.05) is 11.5 Å². The Bertz CT molecular complexity index is 456. The lowest BCUT2D eigenvalue weighted by Gasteiger charge is -2.11. The highest BCUT2D eigenvalue weighted by Gasteiger charge is 2.31. The van der Waals surface area contributed by atoms with Gasteiger partial charge in [0.2, 0.25) is 11.8 Å². The molecule has 7 heteroatoms. The van der Waals surface area contributed by atoms with E-state index >= 15 is 0 Å². The quantitative estimate of drug-likeness (QED) is 0.774. The van der Waals surface area contributed by atoms with Gasteiger partial charge in [-0.1, -0.05) is 0 Å². The third kappa shape index (κ3) is 2.49. The highest BCUT2D eigenvalue weighted by molar-refractivity contribution is 5.89. The minimum absolute atomic E-state index is 0.0203. The minimum Gasteiger partial charge on any atom is -0.348 e. The predicted octanol–water partition coefficient (Wildman–Crippen LogP) is -0.607. The third-order valence-corrected chi connectivity index (χ3v) is 3.17. The summed E-state index contributed by atoms with van der Waals surface area (Å²) < 4.78 is 1.87. The van der Waals surface area contributed by atoms with E-state index in [1.165, 1.54) is 0 Å². The Kier molecular flexibility index (Phi) is 3.59. The smallest absolute Gasteiger partial charge is 0.225 e. The fraction of sp³-hybridized carbons (Fsp3) is 0.636. The van der Waals surface area contributed by atoms with Gasteiger partial charge >= 0.3 is 0 Å². The summed E-state index contributed by atoms with van der Waals surface area (Å²) in [6.45, 7) is 3.59. The zero-order chi connectivity index (χ0) is 13.1. The summed E-state index contributed by atoms with van der Waals surface area (Å²) in [7, 11) is 1.71. The van der Waals surface area contributed by atoms with Crippen molar-refractivity contribution in [2.75, 3.05) is 13.6 Å². The molecule has 98 valence electrons. The first-order chi connectivity index (χ1) is 8.61. The van der Waals surface area contributed by atoms with Gasteiger partial charge in [0.25, 0.3) is 0 Å². The van der Waals surface area contributed by atoms with E-state index in [4.69, 9.17) is 0 Å². The largest absolute Gasteiger partial charge is 0.348 e. The molecule has 0 radical (unpaired) electrons. The molecule has 0 saturated carbocycles. The Balaban J connectivity index is 1.87. The van der Waals surface area contributed by atoms with Crippen LogP contribution in [0.25, 0.3) is 0 Å². The Morgan fingerprint density at radius 3 is 3.00 bits per heavy atom. The SMILES string of the molecule is CCn1cnnc1CNC(=O)[C@@H]1CC(=O)N(C)C1. The molecule has 0 aromatic carbocycles. The first-order valence-electron chi connectivity index (χ1n) is 6.00. The molecule has 1 saturated heterocycles. The molecule has 1 atom stereocenters. The molecule has 0 unspecified atom stereocenters. The summed E-state index contributed by atoms with van der Waals surface area (Å²) in [6.07, 6.45) is 1.93. The van der Waals surface area contributed by atoms with Crippen molar-refractivity contribution in [1.82, 2.24) is 25.0 Å². The van der Waals surface area contributed by atoms with Crippen LogP contribution >= 0.6 is 0 Å². The molecule has 2 heterocycles. The fourth-order valence-corrected chi connectivity index (χ4v) is 2.03. The predicted molar refractivity (Wildman–Crippen MR) is 63.3 cm³/mol. The molecule has 1 N–H and O–H groups in total. The Morgan fingerprint density at radius 1 is 1.61 bits per heavy atom. The summed E-state index contributed by atoms with van der Waals surface area (Å²) in [5.74, 6) is 0.397. The number of hydrogen-bond donors (Lipinski definition) is 1. The molecule has 0 bridgehead atoms. The van der Waals surface area contributed by atoms with Crippen molar-refractivity contribution in [3.63, 3.8) is 0 Å². The minimum atomic E-state index is -0.250. The number of amides is 2. The molecule has 1 aliphatic rings. The number of carbonyl (C=O) groups is 2. The number of carbonyl (C=O) groups excluding carboxylic acids is 2. The van der Waals surface area contributed by atoms with Gasteiger partial charge in [0, 0.05) is 26.6 Å². The fourth-order valence-electron chi connectivity index (χ4n) is 2.03. The van der Waals surface area contributed by atoms with E-state index in [0.717, 1.165) is 12.4 Å². The average Bonchev–Trinajstić information content (AvgIpc) is 2.93. The average molecular weight is 251 g/mol. The number of aryl methyl sites for hydroxylation is 1. The van der Waals surface area contributed by atoms with Crippen molar-refractivity contribution in [3.8, 4) is 0 Å². The van der Waals surface area contributed by atoms with Gasteiger partial charge in [-0.3, -0.25) is 9.59 Å². The van der Waals surface area contributed by atoms with Crippen molar-refractivity contribution in [1.29, 1.82) is 0 Å². The topological polar surface area (TPSA) is 80.1 Å². The Morgan fingerprint density at radius 2 is 2.39 bits per heavy atom. The molecule has 1 aliphatic heterocycles. The van der Waals surface area contributed by atoms with Crippen LogP contribution in [0.3, 0.4) is 0 Å². The molecule has 18 heavy (non-hydrogen) atoms. The van der Waals surface area contributed by atoms with Crippen LogP contribution in [0, 0.1) is 5.92 Å². The molecule has 1 aromatic rings. The van der Waals surface area contributed by atoms with Gasteiger partial charge in [-0.15, -0.1) is 10.2 Å². The van der Waals surface area contributed by atoms with Gasteiger partial charge in [0.05, 0.1) is 12.5 Å². The summed E-state index contributed by atoms with van der Waals surface area (Å²) in [5, 5.41) is 10.5. The second-order valence-electron chi connectivity index (χ2n) is 4.43. The normalized spacial score (nSPS) is 19.3. The van der Waals surface area contributed by atoms with E-state index < -0.39 is 0 Å². The van der Waals surface area contributed by atoms with Crippen LogP contribution in [0.15, 0.2) is 6.33 Å². The lowest BCUT2D eigenvalue weighted by atomic mass is 10.1. The number of likely N-dealkylation sites (tertiary alicyclic amines) is 1. The van der Waals surface area contributed by atoms with Crippen molar-refractivity contribution in [2.45, 2.75) is 26.4 Å². The zero-order valence-electron chi connectivity index (χ0n) is 10.6. The van der Waals surface area contributed by atoms with Gasteiger partial charge in [-0.05, 0) is 6.92 Å². The molecule has 2 amide bonds. The molecular weight excluding hydrogens is 234 g/mol. The maximum absolute atomic E-state index is 11.9. The van der Waals surface area contributed by atoms with Crippen LogP contribution in [0.5, 0.6) is 0 Å². The van der Waals surface area contributed by atoms with E-state index in [0.29, 0.717) is 19.5 Å². The van der Waals surface area contributed by atoms with Crippen LogP contribution in [0.1, 0.15) is 19.2 Å². The molecule has 1 aromatic heterocycles. The van der Waals surface area contributed by atoms with E-state index in [-0.39, 0.29) is 17.7 Å². The van der Waals surface area contributed by atoms with Crippen molar-refractivity contribution >= 4 is 11.8 Å². The molecular formula is C11H17N5O2. The monoisotopic (exact) mass is 251 g/mol. The van der Waals surface area contributed by atoms with Crippen molar-refractivity contribution < 1.29 is 9.59 Å². The van der Waals surface area contributed by atoms with Crippen LogP contribution in [0.4, 0.5) is 0 Å². The maximum Gasteiger partial charge on any atom is 0.225 e. The second-order valence-corrected chi connectivity index (χ2v) is 4.43. The van der Waals surface area contributed by atoms with Gasteiger partial charge in [0.15, 0.2) is 5.82 Å². The third-order valence-electron chi connectivity index (χ3n) is 3.17. The Labute approximate surface area is 105 Å². The van der Waals surface area contributed by atoms with Gasteiger partial charge in [-0.25, -0.2) is 0 Å². The molecule has 0 aliphatic carbocycles. The zero-order valence-corrected chi connectivity index (χ0v) is 10.6. The second kappa shape index (κ2) is 5.16. The number of aromatic nitrogens is 3. The van der Waals surface area contributed by atoms with Gasteiger partial charge in [-0.2, -0.15) is 0 Å². The van der Waals surface area contributed by atoms with E-state index in [1.54, 1.807) is 18.3 Å². The van der Waals surface area contributed by atoms with Crippen LogP contribution in [-0.4, -0.2) is 45.1 Å². The standard InChI is InChI=1S/C11H17N5O2/c1-3-16-7-13-14-9(16)5-12-11(18)8-4-10(17)15(2)6-8/h7-8H,3-6H2,1-2H3,(H,12,18)/t8-/m1/s1. The number of rotatable bonds is 4. The molecule has 7 nitrogen and oxygen atoms in total. The number of nitrogens with one attached hydrogen (secondary N) is 1. The van der Waals surface area contributed by atoms with E-state index in [2.05, 4.69) is 15.5 Å². The molecule has 2 rings (SSSR count). The lowest BCUT2D eigenvalue weighted by Crippen LogP contribution is -2.32. The highest BCUT2D eigenvalue weighted by Crippen LogP contribution is 2.15. The number of nitrogens with zero attached hydrogens (tertiary/aromatic N) is 4. The summed E-state index contributed by atoms with van der Waals surface area (Å²) in [6, 6.07) is 0. The van der Waals surface area contributed by atoms with Crippen LogP contribution in [0.2, 0.25) is 0 Å². The molecule has 0 spiro atoms. The van der Waals surface area contributed by atoms with Crippen molar-refractivity contribution in [3.05, 3.63) is 12.2 Å². The molecule has 1 fully saturated rings. The number of hydrogen-bond acceptors (Lipinski definition) is 4. The summed E-state index contributed by atoms with van der Waals surface area (Å²) >= 11 is 0. The maximum atomic E-state index is 11.9. The Hall–Kier alpha value is -1.92. The summed E-state index contributed by atoms with van der Waals surface area (Å²) in [4.78, 5) is 24.8. The van der Waals surface area contributed by atoms with Crippen LogP contribution < -0.4 is 5.32 Å². The van der Waals surface area contributed by atoms with Gasteiger partial charge in [0.1, 0.15) is 6.33 Å².